The summed E-state index contributed by atoms with van der Waals surface area (Å²) in [6.45, 7) is -0.924. The molecule has 3 fully saturated rings. The van der Waals surface area contributed by atoms with Crippen LogP contribution in [0.3, 0.4) is 0 Å². The minimum Gasteiger partial charge on any atom is -0.497 e. The van der Waals surface area contributed by atoms with Crippen LogP contribution in [-0.4, -0.2) is 118 Å². The first-order valence-electron chi connectivity index (χ1n) is 25.5. The van der Waals surface area contributed by atoms with E-state index in [1.165, 1.54) is 79.9 Å². The normalized spacial score (nSPS) is 24.1. The zero-order valence-electron chi connectivity index (χ0n) is 42.7. The Hall–Kier alpha value is -9.04. The first-order chi connectivity index (χ1) is 39.1. The number of carbonyl (C=O) groups excluding carboxylic acids is 6. The lowest BCUT2D eigenvalue weighted by molar-refractivity contribution is -0.381. The highest BCUT2D eigenvalue weighted by atomic mass is 16.8. The summed E-state index contributed by atoms with van der Waals surface area (Å²) in [6, 6.07) is 54.5. The van der Waals surface area contributed by atoms with Gasteiger partial charge in [-0.15, -0.1) is 0 Å². The van der Waals surface area contributed by atoms with Gasteiger partial charge in [0.15, 0.2) is 30.9 Å². The molecule has 0 spiro atoms. The molecule has 18 heteroatoms. The standard InChI is InChI=1S/C62H52O18/c1-69-45-34-32-44(33-35-45)60-71-37-47-48(78-60)50(74-55(64)39-22-10-3-11-23-39)52(76-57(66)41-26-14-5-15-27-41)61(72-47)79-49-46(36-70-54(63)38-20-8-2-9-21-38)73-62(80-59(68)43-30-18-7-19-31-43)53(77-58(67)42-28-16-6-17-29-42)51(49)75-56(65)40-24-12-4-13-25-40/h2-35,46-53,60-62H,36-37H2,1H3/t46?,47?,48-,49-,50?,51?,52?,53?,60?,61+,62+/m1/s1. The van der Waals surface area contributed by atoms with E-state index in [1.807, 2.05) is 0 Å². The van der Waals surface area contributed by atoms with Crippen molar-refractivity contribution < 1.29 is 85.6 Å². The maximum absolute atomic E-state index is 14.6. The second-order valence-corrected chi connectivity index (χ2v) is 18.4. The lowest BCUT2D eigenvalue weighted by atomic mass is 9.95. The van der Waals surface area contributed by atoms with Crippen molar-refractivity contribution in [3.05, 3.63) is 245 Å². The zero-order valence-corrected chi connectivity index (χ0v) is 42.7. The third kappa shape index (κ3) is 12.9. The molecule has 0 aliphatic carbocycles. The van der Waals surface area contributed by atoms with Gasteiger partial charge in [0.25, 0.3) is 0 Å². The molecule has 3 heterocycles. The fraction of sp³-hybridized carbons (Fsp3) is 0.226. The minimum atomic E-state index is -1.91. The summed E-state index contributed by atoms with van der Waals surface area (Å²) < 4.78 is 75.8. The number of esters is 6. The van der Waals surface area contributed by atoms with Crippen molar-refractivity contribution in [3.63, 3.8) is 0 Å². The number of hydrogen-bond acceptors (Lipinski definition) is 18. The molecule has 0 radical (unpaired) electrons. The van der Waals surface area contributed by atoms with Crippen LogP contribution < -0.4 is 4.74 Å². The Morgan fingerprint density at radius 2 is 0.787 bits per heavy atom. The Morgan fingerprint density at radius 1 is 0.400 bits per heavy atom. The van der Waals surface area contributed by atoms with Crippen LogP contribution in [0.4, 0.5) is 0 Å². The third-order valence-electron chi connectivity index (χ3n) is 13.2. The quantitative estimate of drug-likeness (QED) is 0.0617. The van der Waals surface area contributed by atoms with Crippen molar-refractivity contribution >= 4 is 35.8 Å². The predicted octanol–water partition coefficient (Wildman–Crippen LogP) is 8.56. The number of methoxy groups -OCH3 is 1. The van der Waals surface area contributed by atoms with E-state index in [9.17, 15) is 28.8 Å². The van der Waals surface area contributed by atoms with E-state index in [0.717, 1.165) is 0 Å². The van der Waals surface area contributed by atoms with Crippen LogP contribution >= 0.6 is 0 Å². The molecule has 3 aliphatic rings. The first-order valence-corrected chi connectivity index (χ1v) is 25.5. The number of benzene rings is 7. The molecule has 0 N–H and O–H groups in total. The first kappa shape index (κ1) is 54.3. The van der Waals surface area contributed by atoms with Gasteiger partial charge in [0.1, 0.15) is 36.8 Å². The monoisotopic (exact) mass is 1080 g/mol. The average Bonchev–Trinajstić information content (AvgIpc) is 3.69. The number of hydrogen-bond donors (Lipinski definition) is 0. The van der Waals surface area contributed by atoms with Crippen LogP contribution in [0.5, 0.6) is 5.75 Å². The van der Waals surface area contributed by atoms with Crippen LogP contribution in [0.1, 0.15) is 74.0 Å². The predicted molar refractivity (Wildman–Crippen MR) is 280 cm³/mol. The van der Waals surface area contributed by atoms with Crippen molar-refractivity contribution in [3.8, 4) is 5.75 Å². The van der Waals surface area contributed by atoms with Gasteiger partial charge >= 0.3 is 35.8 Å². The summed E-state index contributed by atoms with van der Waals surface area (Å²) in [7, 11) is 1.53. The van der Waals surface area contributed by atoms with Gasteiger partial charge < -0.3 is 56.8 Å². The van der Waals surface area contributed by atoms with Gasteiger partial charge in [-0.05, 0) is 84.9 Å². The average molecular weight is 1090 g/mol. The minimum absolute atomic E-state index is 0.0398. The molecule has 80 heavy (non-hydrogen) atoms. The Balaban J connectivity index is 1.10. The number of ether oxygens (including phenoxy) is 12. The summed E-state index contributed by atoms with van der Waals surface area (Å²) in [5.41, 5.74) is 1.09. The van der Waals surface area contributed by atoms with Gasteiger partial charge in [-0.3, -0.25) is 0 Å². The summed E-state index contributed by atoms with van der Waals surface area (Å²) in [5, 5.41) is 0. The second kappa shape index (κ2) is 25.6. The van der Waals surface area contributed by atoms with Gasteiger partial charge in [0.05, 0.1) is 47.1 Å². The Morgan fingerprint density at radius 3 is 1.23 bits per heavy atom. The summed E-state index contributed by atoms with van der Waals surface area (Å²) in [4.78, 5) is 85.6. The van der Waals surface area contributed by atoms with Crippen LogP contribution in [0, 0.1) is 0 Å². The zero-order chi connectivity index (χ0) is 55.4. The van der Waals surface area contributed by atoms with E-state index in [0.29, 0.717) is 11.3 Å². The van der Waals surface area contributed by atoms with Gasteiger partial charge in [-0.2, -0.15) is 0 Å². The SMILES string of the molecule is COc1ccc(C2OCC3O[C@@H](O[C@@H]4C(COC(=O)c5ccccc5)O[C@@H](OC(=O)c5ccccc5)C(OC(=O)c5ccccc5)C4OC(=O)c4ccccc4)C(OC(=O)c4ccccc4)C(OC(=O)c4ccccc4)[C@@H]3O2)cc1. The van der Waals surface area contributed by atoms with Crippen molar-refractivity contribution in [1.29, 1.82) is 0 Å². The molecule has 0 saturated carbocycles. The molecule has 3 saturated heterocycles. The van der Waals surface area contributed by atoms with Crippen molar-refractivity contribution in [2.45, 2.75) is 67.7 Å². The molecular formula is C62H52O18. The summed E-state index contributed by atoms with van der Waals surface area (Å²) >= 11 is 0. The van der Waals surface area contributed by atoms with E-state index >= 15 is 0 Å². The van der Waals surface area contributed by atoms with Crippen LogP contribution in [0.25, 0.3) is 0 Å². The molecule has 10 rings (SSSR count). The van der Waals surface area contributed by atoms with Crippen molar-refractivity contribution in [2.24, 2.45) is 0 Å². The Bertz CT molecular complexity index is 3210. The third-order valence-corrected chi connectivity index (χ3v) is 13.2. The molecule has 7 aromatic carbocycles. The van der Waals surface area contributed by atoms with E-state index in [1.54, 1.807) is 133 Å². The lowest BCUT2D eigenvalue weighted by Crippen LogP contribution is -2.68. The molecule has 408 valence electrons. The summed E-state index contributed by atoms with van der Waals surface area (Å²) in [5.74, 6) is -4.87. The molecule has 3 aliphatic heterocycles. The lowest BCUT2D eigenvalue weighted by Gasteiger charge is -2.50. The molecule has 0 amide bonds. The van der Waals surface area contributed by atoms with Gasteiger partial charge in [-0.25, -0.2) is 28.8 Å². The fourth-order valence-electron chi connectivity index (χ4n) is 9.16. The highest BCUT2D eigenvalue weighted by molar-refractivity contribution is 5.92. The molecule has 18 nitrogen and oxygen atoms in total. The Labute approximate surface area is 458 Å². The summed E-state index contributed by atoms with van der Waals surface area (Å²) in [6.07, 6.45) is -17.7. The van der Waals surface area contributed by atoms with Crippen LogP contribution in [-0.2, 0) is 52.1 Å². The van der Waals surface area contributed by atoms with Crippen molar-refractivity contribution in [1.82, 2.24) is 0 Å². The number of carbonyl (C=O) groups is 6. The fourth-order valence-corrected chi connectivity index (χ4v) is 9.16. The second-order valence-electron chi connectivity index (χ2n) is 18.4. The molecule has 0 aromatic heterocycles. The van der Waals surface area contributed by atoms with Gasteiger partial charge in [0.2, 0.25) is 12.4 Å². The van der Waals surface area contributed by atoms with Crippen molar-refractivity contribution in [2.75, 3.05) is 20.3 Å². The smallest absolute Gasteiger partial charge is 0.340 e. The topological polar surface area (TPSA) is 213 Å². The van der Waals surface area contributed by atoms with E-state index in [2.05, 4.69) is 0 Å². The van der Waals surface area contributed by atoms with Gasteiger partial charge in [0, 0.05) is 5.56 Å². The van der Waals surface area contributed by atoms with Crippen LogP contribution in [0.15, 0.2) is 206 Å². The molecule has 0 bridgehead atoms. The maximum Gasteiger partial charge on any atom is 0.340 e. The van der Waals surface area contributed by atoms with Gasteiger partial charge in [-0.1, -0.05) is 121 Å². The highest BCUT2D eigenvalue weighted by Gasteiger charge is 2.59. The van der Waals surface area contributed by atoms with E-state index < -0.39 is 110 Å². The molecular weight excluding hydrogens is 1030 g/mol. The van der Waals surface area contributed by atoms with Crippen LogP contribution in [0.2, 0.25) is 0 Å². The molecule has 7 aromatic rings. The largest absolute Gasteiger partial charge is 0.497 e. The highest BCUT2D eigenvalue weighted by Crippen LogP contribution is 2.40. The van der Waals surface area contributed by atoms with E-state index in [4.69, 9.17) is 56.8 Å². The Kier molecular flexibility index (Phi) is 17.4. The maximum atomic E-state index is 14.6. The number of fused-ring (bicyclic) bond motifs is 1. The number of rotatable bonds is 17. The molecule has 11 atom stereocenters. The molecule has 7 unspecified atom stereocenters. The van der Waals surface area contributed by atoms with E-state index in [-0.39, 0.29) is 40.0 Å².